The molecule has 0 unspecified atom stereocenters. The van der Waals surface area contributed by atoms with Gasteiger partial charge < -0.3 is 0 Å². The summed E-state index contributed by atoms with van der Waals surface area (Å²) >= 11 is 0. The number of rotatable bonds is 2. The van der Waals surface area contributed by atoms with Crippen molar-refractivity contribution in [2.75, 3.05) is 0 Å². The molecule has 0 atom stereocenters. The van der Waals surface area contributed by atoms with Crippen LogP contribution in [0.1, 0.15) is 11.1 Å². The van der Waals surface area contributed by atoms with E-state index in [4.69, 9.17) is 0 Å². The van der Waals surface area contributed by atoms with Gasteiger partial charge in [-0.2, -0.15) is 10.5 Å². The Hall–Kier alpha value is -4.40. The Labute approximate surface area is 174 Å². The molecule has 5 aromatic carbocycles. The minimum absolute atomic E-state index is 0.393. The van der Waals surface area contributed by atoms with E-state index >= 15 is 0 Å². The van der Waals surface area contributed by atoms with Gasteiger partial charge in [0, 0.05) is 0 Å². The predicted octanol–water partition coefficient (Wildman–Crippen LogP) is 7.07. The Morgan fingerprint density at radius 2 is 0.833 bits per heavy atom. The molecular weight excluding hydrogens is 364 g/mol. The van der Waals surface area contributed by atoms with E-state index < -0.39 is 0 Å². The van der Waals surface area contributed by atoms with E-state index in [1.807, 2.05) is 48.5 Å². The van der Waals surface area contributed by atoms with Crippen molar-refractivity contribution in [3.05, 3.63) is 108 Å². The number of fused-ring (bicyclic) bond motifs is 2. The molecule has 0 saturated carbocycles. The van der Waals surface area contributed by atoms with Crippen LogP contribution in [-0.4, -0.2) is 0 Å². The maximum Gasteiger partial charge on any atom is 0.101 e. The quantitative estimate of drug-likeness (QED) is 0.329. The van der Waals surface area contributed by atoms with Gasteiger partial charge in [0.05, 0.1) is 11.1 Å². The summed E-state index contributed by atoms with van der Waals surface area (Å²) < 4.78 is 0. The lowest BCUT2D eigenvalue weighted by atomic mass is 9.87. The van der Waals surface area contributed by atoms with Crippen molar-refractivity contribution in [3.63, 3.8) is 0 Å². The van der Waals surface area contributed by atoms with Crippen LogP contribution in [0.5, 0.6) is 0 Å². The fourth-order valence-corrected chi connectivity index (χ4v) is 4.15. The molecule has 0 spiro atoms. The third-order valence-corrected chi connectivity index (χ3v) is 5.56. The Kier molecular flexibility index (Phi) is 4.25. The highest BCUT2D eigenvalue weighted by molar-refractivity contribution is 6.05. The zero-order valence-corrected chi connectivity index (χ0v) is 16.1. The third kappa shape index (κ3) is 2.80. The largest absolute Gasteiger partial charge is 0.192 e. The number of nitrogens with zero attached hydrogens (tertiary/aromatic N) is 2. The Morgan fingerprint density at radius 3 is 1.27 bits per heavy atom. The smallest absolute Gasteiger partial charge is 0.101 e. The Balaban J connectivity index is 1.92. The fourth-order valence-electron chi connectivity index (χ4n) is 4.15. The van der Waals surface area contributed by atoms with Gasteiger partial charge in [0.1, 0.15) is 12.1 Å². The first-order chi connectivity index (χ1) is 14.8. The van der Waals surface area contributed by atoms with Gasteiger partial charge >= 0.3 is 0 Å². The summed E-state index contributed by atoms with van der Waals surface area (Å²) in [7, 11) is 0. The zero-order chi connectivity index (χ0) is 20.5. The van der Waals surface area contributed by atoms with Crippen LogP contribution >= 0.6 is 0 Å². The minimum Gasteiger partial charge on any atom is -0.192 e. The van der Waals surface area contributed by atoms with Crippen LogP contribution in [0.15, 0.2) is 97.1 Å². The van der Waals surface area contributed by atoms with Crippen LogP contribution in [0.4, 0.5) is 0 Å². The summed E-state index contributed by atoms with van der Waals surface area (Å²) in [4.78, 5) is 0. The number of benzene rings is 5. The number of hydrogen-bond donors (Lipinski definition) is 0. The Morgan fingerprint density at radius 1 is 0.433 bits per heavy atom. The van der Waals surface area contributed by atoms with Crippen molar-refractivity contribution in [1.82, 2.24) is 0 Å². The van der Waals surface area contributed by atoms with Gasteiger partial charge in [-0.25, -0.2) is 0 Å². The van der Waals surface area contributed by atoms with E-state index in [9.17, 15) is 10.5 Å². The Bertz CT molecular complexity index is 1390. The molecule has 0 N–H and O–H groups in total. The summed E-state index contributed by atoms with van der Waals surface area (Å²) in [6, 6.07) is 37.0. The highest BCUT2D eigenvalue weighted by atomic mass is 14.3. The normalized spacial score (nSPS) is 10.6. The van der Waals surface area contributed by atoms with Crippen molar-refractivity contribution in [1.29, 1.82) is 10.5 Å². The number of hydrogen-bond acceptors (Lipinski definition) is 2. The van der Waals surface area contributed by atoms with Crippen molar-refractivity contribution >= 4 is 21.5 Å². The van der Waals surface area contributed by atoms with Gasteiger partial charge in [-0.05, 0) is 55.9 Å². The fraction of sp³-hybridized carbons (Fsp3) is 0. The molecule has 0 aliphatic heterocycles. The molecule has 0 radical (unpaired) electrons. The topological polar surface area (TPSA) is 47.6 Å². The van der Waals surface area contributed by atoms with Crippen LogP contribution in [0, 0.1) is 22.7 Å². The summed E-state index contributed by atoms with van der Waals surface area (Å²) in [5.41, 5.74) is 4.81. The van der Waals surface area contributed by atoms with E-state index in [1.54, 1.807) is 0 Å². The molecule has 0 aromatic heterocycles. The van der Waals surface area contributed by atoms with E-state index in [2.05, 4.69) is 60.7 Å². The molecule has 5 aromatic rings. The van der Waals surface area contributed by atoms with Gasteiger partial charge in [-0.3, -0.25) is 0 Å². The molecule has 5 rings (SSSR count). The molecule has 2 heteroatoms. The van der Waals surface area contributed by atoms with Gasteiger partial charge in [0.25, 0.3) is 0 Å². The first-order valence-electron chi connectivity index (χ1n) is 9.74. The maximum absolute atomic E-state index is 9.67. The molecule has 0 bridgehead atoms. The maximum atomic E-state index is 9.67. The van der Waals surface area contributed by atoms with E-state index in [-0.39, 0.29) is 0 Å². The van der Waals surface area contributed by atoms with E-state index in [1.165, 1.54) is 0 Å². The van der Waals surface area contributed by atoms with Gasteiger partial charge in [-0.15, -0.1) is 0 Å². The van der Waals surface area contributed by atoms with Crippen LogP contribution in [0.3, 0.4) is 0 Å². The average Bonchev–Trinajstić information content (AvgIpc) is 2.82. The molecule has 0 aliphatic carbocycles. The van der Waals surface area contributed by atoms with Crippen molar-refractivity contribution < 1.29 is 0 Å². The van der Waals surface area contributed by atoms with Gasteiger partial charge in [0.15, 0.2) is 0 Å². The standard InChI is InChI=1S/C28H16N2/c29-17-21-15-27(25-13-5-9-19-7-1-3-11-23(19)25)28(16-22(21)18-30)26-14-6-10-20-8-2-4-12-24(20)26/h1-16H. The van der Waals surface area contributed by atoms with E-state index in [0.717, 1.165) is 43.8 Å². The summed E-state index contributed by atoms with van der Waals surface area (Å²) in [5.74, 6) is 0. The first kappa shape index (κ1) is 17.7. The molecule has 138 valence electrons. The minimum atomic E-state index is 0.393. The number of nitriles is 2. The molecule has 0 amide bonds. The zero-order valence-electron chi connectivity index (χ0n) is 16.1. The SMILES string of the molecule is N#Cc1cc(-c2cccc3ccccc23)c(-c2cccc3ccccc23)cc1C#N. The predicted molar refractivity (Wildman–Crippen MR) is 122 cm³/mol. The lowest BCUT2D eigenvalue weighted by Gasteiger charge is -2.16. The first-order valence-corrected chi connectivity index (χ1v) is 9.74. The second-order valence-electron chi connectivity index (χ2n) is 7.22. The highest BCUT2D eigenvalue weighted by Gasteiger charge is 2.16. The highest BCUT2D eigenvalue weighted by Crippen LogP contribution is 2.40. The summed E-state index contributed by atoms with van der Waals surface area (Å²) in [6.07, 6.45) is 0. The van der Waals surface area contributed by atoms with Gasteiger partial charge in [-0.1, -0.05) is 84.9 Å². The summed E-state index contributed by atoms with van der Waals surface area (Å²) in [6.45, 7) is 0. The lowest BCUT2D eigenvalue weighted by molar-refractivity contribution is 1.43. The molecule has 30 heavy (non-hydrogen) atoms. The average molecular weight is 380 g/mol. The van der Waals surface area contributed by atoms with Crippen LogP contribution < -0.4 is 0 Å². The summed E-state index contributed by atoms with van der Waals surface area (Å²) in [5, 5.41) is 23.9. The van der Waals surface area contributed by atoms with Crippen molar-refractivity contribution in [2.45, 2.75) is 0 Å². The molecule has 0 aliphatic rings. The molecular formula is C28H16N2. The molecule has 2 nitrogen and oxygen atoms in total. The monoisotopic (exact) mass is 380 g/mol. The van der Waals surface area contributed by atoms with Crippen LogP contribution in [0.25, 0.3) is 43.8 Å². The van der Waals surface area contributed by atoms with Crippen LogP contribution in [-0.2, 0) is 0 Å². The van der Waals surface area contributed by atoms with Crippen molar-refractivity contribution in [2.24, 2.45) is 0 Å². The van der Waals surface area contributed by atoms with Crippen LogP contribution in [0.2, 0.25) is 0 Å². The van der Waals surface area contributed by atoms with Gasteiger partial charge in [0.2, 0.25) is 0 Å². The molecule has 0 saturated heterocycles. The second kappa shape index (κ2) is 7.21. The third-order valence-electron chi connectivity index (χ3n) is 5.56. The second-order valence-corrected chi connectivity index (χ2v) is 7.22. The lowest BCUT2D eigenvalue weighted by Crippen LogP contribution is -1.93. The molecule has 0 heterocycles. The van der Waals surface area contributed by atoms with E-state index in [0.29, 0.717) is 11.1 Å². The van der Waals surface area contributed by atoms with Crippen molar-refractivity contribution in [3.8, 4) is 34.4 Å². The molecule has 0 fully saturated rings.